The Balaban J connectivity index is 1.46. The second-order valence-electron chi connectivity index (χ2n) is 5.46. The Morgan fingerprint density at radius 2 is 2.12 bits per heavy atom. The van der Waals surface area contributed by atoms with Crippen molar-refractivity contribution >= 4 is 22.4 Å². The van der Waals surface area contributed by atoms with E-state index in [0.29, 0.717) is 22.8 Å². The van der Waals surface area contributed by atoms with Crippen molar-refractivity contribution in [3.8, 4) is 17.0 Å². The van der Waals surface area contributed by atoms with E-state index in [0.717, 1.165) is 11.3 Å². The number of carbonyl (C=O) groups is 1. The number of aromatic nitrogens is 1. The van der Waals surface area contributed by atoms with Gasteiger partial charge < -0.3 is 4.74 Å². The topological polar surface area (TPSA) is 51.2 Å². The Morgan fingerprint density at radius 1 is 1.25 bits per heavy atom. The van der Waals surface area contributed by atoms with Crippen LogP contribution in [0.5, 0.6) is 5.75 Å². The van der Waals surface area contributed by atoms with E-state index in [1.54, 1.807) is 17.5 Å². The molecule has 0 saturated heterocycles. The summed E-state index contributed by atoms with van der Waals surface area (Å²) in [6, 6.07) is 13.8. The standard InChI is InChI=1S/C18H13FN2O2S/c19-13-6-3-5-11(8-13)14-10-24-18(20-14)21-17(22)16-9-12-4-1-2-7-15(12)23-16/h1-8,10,16H,9H2,(H,20,21,22). The summed E-state index contributed by atoms with van der Waals surface area (Å²) >= 11 is 1.30. The number of benzene rings is 2. The maximum absolute atomic E-state index is 13.3. The van der Waals surface area contributed by atoms with Gasteiger partial charge in [-0.25, -0.2) is 9.37 Å². The summed E-state index contributed by atoms with van der Waals surface area (Å²) in [7, 11) is 0. The lowest BCUT2D eigenvalue weighted by molar-refractivity contribution is -0.122. The highest BCUT2D eigenvalue weighted by molar-refractivity contribution is 7.14. The van der Waals surface area contributed by atoms with Gasteiger partial charge in [-0.15, -0.1) is 11.3 Å². The lowest BCUT2D eigenvalue weighted by atomic mass is 10.1. The third-order valence-electron chi connectivity index (χ3n) is 3.79. The predicted molar refractivity (Wildman–Crippen MR) is 90.7 cm³/mol. The highest BCUT2D eigenvalue weighted by atomic mass is 32.1. The van der Waals surface area contributed by atoms with Crippen molar-refractivity contribution in [2.24, 2.45) is 0 Å². The molecule has 1 aliphatic rings. The number of ether oxygens (including phenoxy) is 1. The van der Waals surface area contributed by atoms with Crippen LogP contribution >= 0.6 is 11.3 Å². The predicted octanol–water partition coefficient (Wildman–Crippen LogP) is 3.89. The van der Waals surface area contributed by atoms with Crippen molar-refractivity contribution in [3.63, 3.8) is 0 Å². The zero-order valence-electron chi connectivity index (χ0n) is 12.5. The number of anilines is 1. The number of amides is 1. The Morgan fingerprint density at radius 3 is 2.96 bits per heavy atom. The lowest BCUT2D eigenvalue weighted by Crippen LogP contribution is -2.31. The number of carbonyl (C=O) groups excluding carboxylic acids is 1. The summed E-state index contributed by atoms with van der Waals surface area (Å²) in [4.78, 5) is 16.7. The number of nitrogens with one attached hydrogen (secondary N) is 1. The van der Waals surface area contributed by atoms with E-state index in [9.17, 15) is 9.18 Å². The molecule has 0 fully saturated rings. The average molecular weight is 340 g/mol. The lowest BCUT2D eigenvalue weighted by Gasteiger charge is -2.09. The number of thiazole rings is 1. The van der Waals surface area contributed by atoms with Gasteiger partial charge in [-0.1, -0.05) is 30.3 Å². The molecule has 1 N–H and O–H groups in total. The SMILES string of the molecule is O=C(Nc1nc(-c2cccc(F)c2)cs1)C1Cc2ccccc2O1. The summed E-state index contributed by atoms with van der Waals surface area (Å²) in [6.45, 7) is 0. The zero-order valence-corrected chi connectivity index (χ0v) is 13.3. The van der Waals surface area contributed by atoms with Crippen molar-refractivity contribution in [2.45, 2.75) is 12.5 Å². The molecule has 24 heavy (non-hydrogen) atoms. The van der Waals surface area contributed by atoms with Crippen molar-refractivity contribution in [3.05, 3.63) is 65.3 Å². The first kappa shape index (κ1) is 14.8. The number of para-hydroxylation sites is 1. The Kier molecular flexibility index (Phi) is 3.74. The molecule has 1 unspecified atom stereocenters. The van der Waals surface area contributed by atoms with Gasteiger partial charge >= 0.3 is 0 Å². The molecule has 1 aromatic heterocycles. The highest BCUT2D eigenvalue weighted by Crippen LogP contribution is 2.30. The monoisotopic (exact) mass is 340 g/mol. The molecule has 4 rings (SSSR count). The van der Waals surface area contributed by atoms with Crippen LogP contribution in [0.25, 0.3) is 11.3 Å². The van der Waals surface area contributed by atoms with Crippen molar-refractivity contribution < 1.29 is 13.9 Å². The molecule has 0 bridgehead atoms. The summed E-state index contributed by atoms with van der Waals surface area (Å²) in [5, 5.41) is 5.03. The number of nitrogens with zero attached hydrogens (tertiary/aromatic N) is 1. The van der Waals surface area contributed by atoms with Gasteiger partial charge in [-0.05, 0) is 23.8 Å². The number of hydrogen-bond donors (Lipinski definition) is 1. The van der Waals surface area contributed by atoms with Crippen molar-refractivity contribution in [1.82, 2.24) is 4.98 Å². The summed E-state index contributed by atoms with van der Waals surface area (Å²) in [6.07, 6.45) is -0.00616. The van der Waals surface area contributed by atoms with Crippen LogP contribution in [0.4, 0.5) is 9.52 Å². The molecule has 0 aliphatic carbocycles. The molecule has 1 atom stereocenters. The first-order valence-electron chi connectivity index (χ1n) is 7.46. The molecular weight excluding hydrogens is 327 g/mol. The minimum absolute atomic E-state index is 0.230. The largest absolute Gasteiger partial charge is 0.480 e. The summed E-state index contributed by atoms with van der Waals surface area (Å²) < 4.78 is 19.0. The van der Waals surface area contributed by atoms with Crippen LogP contribution in [0.15, 0.2) is 53.9 Å². The number of rotatable bonds is 3. The van der Waals surface area contributed by atoms with E-state index >= 15 is 0 Å². The highest BCUT2D eigenvalue weighted by Gasteiger charge is 2.29. The van der Waals surface area contributed by atoms with E-state index in [4.69, 9.17) is 4.74 Å². The fourth-order valence-corrected chi connectivity index (χ4v) is 3.35. The second kappa shape index (κ2) is 6.05. The molecule has 0 radical (unpaired) electrons. The molecule has 1 aliphatic heterocycles. The van der Waals surface area contributed by atoms with Gasteiger partial charge in [0.2, 0.25) is 0 Å². The van der Waals surface area contributed by atoms with Crippen LogP contribution < -0.4 is 10.1 Å². The maximum Gasteiger partial charge on any atom is 0.267 e. The molecule has 1 amide bonds. The van der Waals surface area contributed by atoms with E-state index in [2.05, 4.69) is 10.3 Å². The molecule has 6 heteroatoms. The van der Waals surface area contributed by atoms with Crippen molar-refractivity contribution in [2.75, 3.05) is 5.32 Å². The van der Waals surface area contributed by atoms with E-state index in [1.807, 2.05) is 24.3 Å². The third kappa shape index (κ3) is 2.88. The van der Waals surface area contributed by atoms with Gasteiger partial charge in [-0.3, -0.25) is 10.1 Å². The molecule has 4 nitrogen and oxygen atoms in total. The zero-order chi connectivity index (χ0) is 16.5. The Labute approximate surface area is 141 Å². The fraction of sp³-hybridized carbons (Fsp3) is 0.111. The molecule has 2 aromatic carbocycles. The van der Waals surface area contributed by atoms with Crippen LogP contribution in [-0.2, 0) is 11.2 Å². The van der Waals surface area contributed by atoms with Gasteiger partial charge in [0.25, 0.3) is 5.91 Å². The summed E-state index contributed by atoms with van der Waals surface area (Å²) in [5.41, 5.74) is 2.33. The van der Waals surface area contributed by atoms with Crippen molar-refractivity contribution in [1.29, 1.82) is 0 Å². The minimum atomic E-state index is -0.552. The summed E-state index contributed by atoms with van der Waals surface area (Å²) in [5.74, 6) is 0.201. The molecular formula is C18H13FN2O2S. The molecule has 0 saturated carbocycles. The number of halogens is 1. The molecule has 120 valence electrons. The smallest absolute Gasteiger partial charge is 0.267 e. The van der Waals surface area contributed by atoms with E-state index < -0.39 is 6.10 Å². The van der Waals surface area contributed by atoms with Crippen LogP contribution in [0.2, 0.25) is 0 Å². The Bertz CT molecular complexity index is 884. The molecule has 3 aromatic rings. The van der Waals surface area contributed by atoms with E-state index in [1.165, 1.54) is 23.5 Å². The first-order chi connectivity index (χ1) is 11.7. The van der Waals surface area contributed by atoms with Crippen LogP contribution in [0.3, 0.4) is 0 Å². The maximum atomic E-state index is 13.3. The van der Waals surface area contributed by atoms with Crippen LogP contribution in [-0.4, -0.2) is 17.0 Å². The number of hydrogen-bond acceptors (Lipinski definition) is 4. The van der Waals surface area contributed by atoms with Gasteiger partial charge in [0.1, 0.15) is 11.6 Å². The number of fused-ring (bicyclic) bond motifs is 1. The minimum Gasteiger partial charge on any atom is -0.480 e. The van der Waals surface area contributed by atoms with Gasteiger partial charge in [-0.2, -0.15) is 0 Å². The molecule has 0 spiro atoms. The Hall–Kier alpha value is -2.73. The van der Waals surface area contributed by atoms with Crippen LogP contribution in [0.1, 0.15) is 5.56 Å². The van der Waals surface area contributed by atoms with E-state index in [-0.39, 0.29) is 11.7 Å². The van der Waals surface area contributed by atoms with Gasteiger partial charge in [0.05, 0.1) is 5.69 Å². The average Bonchev–Trinajstić information content (AvgIpc) is 3.21. The normalized spacial score (nSPS) is 15.6. The first-order valence-corrected chi connectivity index (χ1v) is 8.34. The van der Waals surface area contributed by atoms with Crippen LogP contribution in [0, 0.1) is 5.82 Å². The van der Waals surface area contributed by atoms with Gasteiger partial charge in [0, 0.05) is 17.4 Å². The fourth-order valence-electron chi connectivity index (χ4n) is 2.63. The van der Waals surface area contributed by atoms with Gasteiger partial charge in [0.15, 0.2) is 11.2 Å². The molecule has 2 heterocycles. The second-order valence-corrected chi connectivity index (χ2v) is 6.31. The third-order valence-corrected chi connectivity index (χ3v) is 4.55. The quantitative estimate of drug-likeness (QED) is 0.787.